The number of hydrogen-bond acceptors (Lipinski definition) is 4. The molecule has 2 rings (SSSR count). The zero-order chi connectivity index (χ0) is 11.4. The van der Waals surface area contributed by atoms with Crippen LogP contribution in [0.4, 0.5) is 0 Å². The summed E-state index contributed by atoms with van der Waals surface area (Å²) in [5.41, 5.74) is 1.76. The van der Waals surface area contributed by atoms with Crippen molar-refractivity contribution in [2.24, 2.45) is 0 Å². The molecule has 16 heavy (non-hydrogen) atoms. The van der Waals surface area contributed by atoms with Gasteiger partial charge in [-0.1, -0.05) is 0 Å². The maximum atomic E-state index is 9.06. The molecule has 0 bridgehead atoms. The molecule has 0 aliphatic carbocycles. The van der Waals surface area contributed by atoms with Gasteiger partial charge in [0.1, 0.15) is 0 Å². The topological polar surface area (TPSA) is 58.0 Å². The van der Waals surface area contributed by atoms with Crippen LogP contribution in [-0.4, -0.2) is 28.6 Å². The Kier molecular flexibility index (Phi) is 3.49. The van der Waals surface area contributed by atoms with E-state index in [1.54, 1.807) is 13.0 Å². The highest BCUT2D eigenvalue weighted by molar-refractivity contribution is 6.45. The van der Waals surface area contributed by atoms with Gasteiger partial charge < -0.3 is 10.3 Å². The molecule has 2 N–H and O–H groups in total. The Bertz CT molecular complexity index is 475. The van der Waals surface area contributed by atoms with E-state index >= 15 is 0 Å². The molecule has 4 nitrogen and oxygen atoms in total. The van der Waals surface area contributed by atoms with Crippen molar-refractivity contribution in [2.75, 3.05) is 6.54 Å². The van der Waals surface area contributed by atoms with Crippen molar-refractivity contribution < 1.29 is 5.02 Å². The van der Waals surface area contributed by atoms with Crippen LogP contribution in [0.15, 0.2) is 30.5 Å². The number of nitrogens with one attached hydrogen (secondary N) is 1. The first-order chi connectivity index (χ1) is 7.75. The molecule has 0 saturated heterocycles. The van der Waals surface area contributed by atoms with Crippen LogP contribution in [0.5, 0.6) is 0 Å². The summed E-state index contributed by atoms with van der Waals surface area (Å²) in [4.78, 5) is 8.64. The third kappa shape index (κ3) is 2.78. The number of pyridine rings is 2. The minimum absolute atomic E-state index is 0.474. The predicted octanol–water partition coefficient (Wildman–Crippen LogP) is 0.872. The molecule has 82 valence electrons. The van der Waals surface area contributed by atoms with E-state index in [1.165, 1.54) is 0 Å². The van der Waals surface area contributed by atoms with Gasteiger partial charge >= 0.3 is 7.05 Å². The first kappa shape index (κ1) is 11.0. The largest absolute Gasteiger partial charge is 0.437 e. The van der Waals surface area contributed by atoms with Gasteiger partial charge in [-0.3, -0.25) is 0 Å². The van der Waals surface area contributed by atoms with E-state index in [1.807, 2.05) is 24.3 Å². The molecule has 0 fully saturated rings. The first-order valence-electron chi connectivity index (χ1n) is 5.38. The van der Waals surface area contributed by atoms with Crippen LogP contribution in [0.3, 0.4) is 0 Å². The van der Waals surface area contributed by atoms with Gasteiger partial charge in [-0.25, -0.2) is 9.97 Å². The van der Waals surface area contributed by atoms with E-state index in [-0.39, 0.29) is 0 Å². The van der Waals surface area contributed by atoms with Gasteiger partial charge in [0.05, 0.1) is 0 Å². The molecule has 5 heteroatoms. The van der Waals surface area contributed by atoms with Crippen LogP contribution in [0, 0.1) is 0 Å². The molecule has 2 heterocycles. The lowest BCUT2D eigenvalue weighted by Gasteiger charge is -2.04. The highest BCUT2D eigenvalue weighted by atomic mass is 16.2. The van der Waals surface area contributed by atoms with Crippen molar-refractivity contribution in [3.8, 4) is 0 Å². The van der Waals surface area contributed by atoms with Crippen molar-refractivity contribution >= 4 is 18.1 Å². The first-order valence-corrected chi connectivity index (χ1v) is 5.38. The molecule has 2 aromatic rings. The minimum atomic E-state index is -0.474. The van der Waals surface area contributed by atoms with Crippen LogP contribution in [0.2, 0.25) is 6.82 Å². The van der Waals surface area contributed by atoms with E-state index < -0.39 is 7.05 Å². The van der Waals surface area contributed by atoms with Gasteiger partial charge in [0, 0.05) is 23.7 Å². The van der Waals surface area contributed by atoms with E-state index in [9.17, 15) is 0 Å². The fraction of sp³-hybridized carbons (Fsp3) is 0.273. The van der Waals surface area contributed by atoms with Crippen molar-refractivity contribution in [3.05, 3.63) is 36.2 Å². The zero-order valence-electron chi connectivity index (χ0n) is 9.22. The minimum Gasteiger partial charge on any atom is -0.437 e. The zero-order valence-corrected chi connectivity index (χ0v) is 9.22. The van der Waals surface area contributed by atoms with E-state index in [4.69, 9.17) is 5.02 Å². The summed E-state index contributed by atoms with van der Waals surface area (Å²) < 4.78 is 0. The van der Waals surface area contributed by atoms with Gasteiger partial charge in [-0.15, -0.1) is 0 Å². The molecular weight excluding hydrogens is 201 g/mol. The lowest BCUT2D eigenvalue weighted by Crippen LogP contribution is -2.32. The summed E-state index contributed by atoms with van der Waals surface area (Å²) in [7, 11) is -0.474. The Morgan fingerprint density at radius 2 is 2.25 bits per heavy atom. The summed E-state index contributed by atoms with van der Waals surface area (Å²) in [6, 6.07) is 7.91. The molecule has 0 unspecified atom stereocenters. The fourth-order valence-corrected chi connectivity index (χ4v) is 1.54. The van der Waals surface area contributed by atoms with Gasteiger partial charge in [-0.2, -0.15) is 0 Å². The Hall–Kier alpha value is -1.46. The SMILES string of the molecule is CB(O)NCCc1ccc2cccnc2n1. The number of aromatic nitrogens is 2. The molecule has 0 spiro atoms. The Labute approximate surface area is 94.9 Å². The average molecular weight is 215 g/mol. The van der Waals surface area contributed by atoms with Crippen molar-refractivity contribution in [1.29, 1.82) is 0 Å². The molecule has 0 amide bonds. The van der Waals surface area contributed by atoms with Gasteiger partial charge in [0.25, 0.3) is 0 Å². The summed E-state index contributed by atoms with van der Waals surface area (Å²) in [6.07, 6.45) is 2.53. The Morgan fingerprint density at radius 3 is 3.06 bits per heavy atom. The van der Waals surface area contributed by atoms with Crippen molar-refractivity contribution in [2.45, 2.75) is 13.2 Å². The molecule has 0 aliphatic heterocycles. The Balaban J connectivity index is 2.08. The van der Waals surface area contributed by atoms with Crippen molar-refractivity contribution in [3.63, 3.8) is 0 Å². The van der Waals surface area contributed by atoms with Gasteiger partial charge in [0.15, 0.2) is 5.65 Å². The normalized spacial score (nSPS) is 10.6. The highest BCUT2D eigenvalue weighted by Crippen LogP contribution is 2.09. The lowest BCUT2D eigenvalue weighted by molar-refractivity contribution is 0.554. The summed E-state index contributed by atoms with van der Waals surface area (Å²) in [5, 5.41) is 13.0. The molecule has 0 atom stereocenters. The maximum Gasteiger partial charge on any atom is 0.373 e. The van der Waals surface area contributed by atoms with Crippen LogP contribution in [-0.2, 0) is 6.42 Å². The Morgan fingerprint density at radius 1 is 1.38 bits per heavy atom. The average Bonchev–Trinajstić information content (AvgIpc) is 2.28. The van der Waals surface area contributed by atoms with E-state index in [0.29, 0.717) is 6.54 Å². The number of hydrogen-bond donors (Lipinski definition) is 2. The number of fused-ring (bicyclic) bond motifs is 1. The molecule has 0 saturated carbocycles. The van der Waals surface area contributed by atoms with Crippen molar-refractivity contribution in [1.82, 2.24) is 15.2 Å². The second-order valence-corrected chi connectivity index (χ2v) is 3.73. The smallest absolute Gasteiger partial charge is 0.373 e. The quantitative estimate of drug-likeness (QED) is 0.743. The van der Waals surface area contributed by atoms with Crippen LogP contribution in [0.1, 0.15) is 5.69 Å². The molecular formula is C11H14BN3O. The monoisotopic (exact) mass is 215 g/mol. The number of rotatable bonds is 4. The molecule has 0 radical (unpaired) electrons. The van der Waals surface area contributed by atoms with Crippen LogP contribution >= 0.6 is 0 Å². The molecule has 0 aromatic carbocycles. The van der Waals surface area contributed by atoms with E-state index in [2.05, 4.69) is 15.2 Å². The van der Waals surface area contributed by atoms with E-state index in [0.717, 1.165) is 23.1 Å². The maximum absolute atomic E-state index is 9.06. The number of nitrogens with zero attached hydrogens (tertiary/aromatic N) is 2. The summed E-state index contributed by atoms with van der Waals surface area (Å²) >= 11 is 0. The van der Waals surface area contributed by atoms with Crippen LogP contribution < -0.4 is 5.23 Å². The standard InChI is InChI=1S/C11H14BN3O/c1-12(16)14-8-6-10-5-4-9-3-2-7-13-11(9)15-10/h2-5,7,14,16H,6,8H2,1H3. The second-order valence-electron chi connectivity index (χ2n) is 3.73. The second kappa shape index (κ2) is 5.05. The lowest BCUT2D eigenvalue weighted by atomic mass is 9.89. The van der Waals surface area contributed by atoms with Crippen LogP contribution in [0.25, 0.3) is 11.0 Å². The predicted molar refractivity (Wildman–Crippen MR) is 65.1 cm³/mol. The molecule has 0 aliphatic rings. The van der Waals surface area contributed by atoms with Gasteiger partial charge in [0.2, 0.25) is 0 Å². The summed E-state index contributed by atoms with van der Waals surface area (Å²) in [5.74, 6) is 0. The highest BCUT2D eigenvalue weighted by Gasteiger charge is 2.02. The third-order valence-corrected chi connectivity index (χ3v) is 2.34. The molecule has 2 aromatic heterocycles. The van der Waals surface area contributed by atoms with Gasteiger partial charge in [-0.05, 0) is 37.6 Å². The summed E-state index contributed by atoms with van der Waals surface area (Å²) in [6.45, 7) is 2.42. The fourth-order valence-electron chi connectivity index (χ4n) is 1.54. The third-order valence-electron chi connectivity index (χ3n) is 2.34.